The highest BCUT2D eigenvalue weighted by atomic mass is 35.5. The quantitative estimate of drug-likeness (QED) is 0.775. The van der Waals surface area contributed by atoms with Crippen LogP contribution >= 0.6 is 11.6 Å². The molecule has 26 heavy (non-hydrogen) atoms. The summed E-state index contributed by atoms with van der Waals surface area (Å²) in [5, 5.41) is 9.42. The van der Waals surface area contributed by atoms with E-state index in [1.807, 2.05) is 18.3 Å². The first-order valence-corrected chi connectivity index (χ1v) is 10.2. The minimum Gasteiger partial charge on any atom is -0.382 e. The lowest BCUT2D eigenvalue weighted by Gasteiger charge is -2.42. The van der Waals surface area contributed by atoms with E-state index in [1.165, 1.54) is 37.8 Å². The zero-order chi connectivity index (χ0) is 18.0. The van der Waals surface area contributed by atoms with Crippen molar-refractivity contribution < 1.29 is 4.74 Å². The second kappa shape index (κ2) is 7.71. The van der Waals surface area contributed by atoms with Crippen molar-refractivity contribution in [2.45, 2.75) is 51.1 Å². The Kier molecular flexibility index (Phi) is 5.35. The first-order chi connectivity index (χ1) is 12.7. The smallest absolute Gasteiger partial charge is 0.0737 e. The number of nitrogens with one attached hydrogen (secondary N) is 2. The highest BCUT2D eigenvalue weighted by Gasteiger charge is 2.37. The van der Waals surface area contributed by atoms with E-state index in [-0.39, 0.29) is 0 Å². The molecule has 5 heteroatoms. The van der Waals surface area contributed by atoms with Gasteiger partial charge < -0.3 is 15.4 Å². The van der Waals surface area contributed by atoms with Gasteiger partial charge in [0.15, 0.2) is 0 Å². The molecule has 0 unspecified atom stereocenters. The molecular formula is C21H28ClN3O. The summed E-state index contributed by atoms with van der Waals surface area (Å²) in [6, 6.07) is 9.17. The lowest BCUT2D eigenvalue weighted by Crippen LogP contribution is -2.51. The van der Waals surface area contributed by atoms with Crippen molar-refractivity contribution in [1.29, 1.82) is 0 Å². The van der Waals surface area contributed by atoms with Crippen molar-refractivity contribution in [3.8, 4) is 0 Å². The van der Waals surface area contributed by atoms with E-state index in [2.05, 4.69) is 34.7 Å². The fraction of sp³-hybridized carbons (Fsp3) is 0.571. The molecule has 1 aliphatic heterocycles. The molecule has 2 fully saturated rings. The fourth-order valence-electron chi connectivity index (χ4n) is 4.09. The van der Waals surface area contributed by atoms with Crippen LogP contribution < -0.4 is 10.6 Å². The van der Waals surface area contributed by atoms with Gasteiger partial charge in [-0.05, 0) is 56.4 Å². The van der Waals surface area contributed by atoms with E-state index in [4.69, 9.17) is 16.3 Å². The lowest BCUT2D eigenvalue weighted by atomic mass is 9.82. The molecule has 4 nitrogen and oxygen atoms in total. The average molecular weight is 374 g/mol. The van der Waals surface area contributed by atoms with Gasteiger partial charge in [-0.15, -0.1) is 0 Å². The molecule has 2 aromatic rings. The number of aromatic nitrogens is 1. The number of halogens is 1. The molecule has 1 aromatic heterocycles. The minimum atomic E-state index is 0.395. The van der Waals surface area contributed by atoms with Crippen LogP contribution in [-0.2, 0) is 4.74 Å². The summed E-state index contributed by atoms with van der Waals surface area (Å²) in [5.41, 5.74) is 2.51. The van der Waals surface area contributed by atoms with Crippen molar-refractivity contribution in [1.82, 2.24) is 10.3 Å². The fourth-order valence-corrected chi connectivity index (χ4v) is 4.26. The molecule has 1 aromatic carbocycles. The van der Waals surface area contributed by atoms with Gasteiger partial charge in [-0.25, -0.2) is 0 Å². The molecule has 2 N–H and O–H groups in total. The lowest BCUT2D eigenvalue weighted by molar-refractivity contribution is -0.114. The Balaban J connectivity index is 1.31. The number of benzene rings is 1. The molecule has 1 saturated carbocycles. The first kappa shape index (κ1) is 18.0. The van der Waals surface area contributed by atoms with Crippen LogP contribution in [0.15, 0.2) is 30.5 Å². The molecule has 0 bridgehead atoms. The summed E-state index contributed by atoms with van der Waals surface area (Å²) < 4.78 is 5.43. The van der Waals surface area contributed by atoms with E-state index in [0.717, 1.165) is 35.7 Å². The number of hydrogen-bond acceptors (Lipinski definition) is 4. The van der Waals surface area contributed by atoms with Crippen LogP contribution in [-0.4, -0.2) is 36.8 Å². The standard InChI is InChI=1S/C21H28ClN3O/c1-2-21(13-26-14-21)12-24-16-4-6-17(7-5-16)25-19-9-10-23-20-11-15(22)3-8-18(19)20/h3,8-11,16-17,24H,2,4-7,12-14H2,1H3,(H,23,25). The third-order valence-corrected chi connectivity index (χ3v) is 6.36. The molecule has 0 spiro atoms. The monoisotopic (exact) mass is 373 g/mol. The normalized spacial score (nSPS) is 25.0. The van der Waals surface area contributed by atoms with E-state index < -0.39 is 0 Å². The second-order valence-corrected chi connectivity index (χ2v) is 8.38. The van der Waals surface area contributed by atoms with Crippen LogP contribution in [0.2, 0.25) is 5.02 Å². The Labute approximate surface area is 160 Å². The molecular weight excluding hydrogens is 346 g/mol. The Bertz CT molecular complexity index is 748. The summed E-state index contributed by atoms with van der Waals surface area (Å²) in [6.07, 6.45) is 7.92. The molecule has 0 amide bonds. The van der Waals surface area contributed by atoms with Crippen LogP contribution in [0.1, 0.15) is 39.0 Å². The summed E-state index contributed by atoms with van der Waals surface area (Å²) >= 11 is 6.09. The van der Waals surface area contributed by atoms with Crippen LogP contribution in [0.3, 0.4) is 0 Å². The Morgan fingerprint density at radius 3 is 2.62 bits per heavy atom. The van der Waals surface area contributed by atoms with E-state index in [1.54, 1.807) is 0 Å². The van der Waals surface area contributed by atoms with Crippen LogP contribution in [0, 0.1) is 5.41 Å². The third-order valence-electron chi connectivity index (χ3n) is 6.12. The molecule has 0 atom stereocenters. The number of fused-ring (bicyclic) bond motifs is 1. The number of ether oxygens (including phenoxy) is 1. The largest absolute Gasteiger partial charge is 0.382 e. The second-order valence-electron chi connectivity index (χ2n) is 7.94. The van der Waals surface area contributed by atoms with E-state index >= 15 is 0 Å². The maximum Gasteiger partial charge on any atom is 0.0737 e. The molecule has 140 valence electrons. The summed E-state index contributed by atoms with van der Waals surface area (Å²) in [6.45, 7) is 5.22. The Morgan fingerprint density at radius 2 is 1.92 bits per heavy atom. The zero-order valence-electron chi connectivity index (χ0n) is 15.4. The molecule has 0 radical (unpaired) electrons. The Hall–Kier alpha value is -1.36. The van der Waals surface area contributed by atoms with Gasteiger partial charge in [0.2, 0.25) is 0 Å². The first-order valence-electron chi connectivity index (χ1n) is 9.79. The van der Waals surface area contributed by atoms with Gasteiger partial charge in [-0.3, -0.25) is 4.98 Å². The van der Waals surface area contributed by atoms with Crippen LogP contribution in [0.5, 0.6) is 0 Å². The molecule has 1 saturated heterocycles. The van der Waals surface area contributed by atoms with Gasteiger partial charge >= 0.3 is 0 Å². The van der Waals surface area contributed by atoms with Crippen molar-refractivity contribution in [2.24, 2.45) is 5.41 Å². The molecule has 1 aliphatic carbocycles. The van der Waals surface area contributed by atoms with Gasteiger partial charge in [0.05, 0.1) is 18.7 Å². The minimum absolute atomic E-state index is 0.395. The maximum absolute atomic E-state index is 6.09. The number of hydrogen-bond donors (Lipinski definition) is 2. The van der Waals surface area contributed by atoms with Gasteiger partial charge in [0, 0.05) is 46.3 Å². The van der Waals surface area contributed by atoms with Crippen LogP contribution in [0.4, 0.5) is 5.69 Å². The van der Waals surface area contributed by atoms with Crippen molar-refractivity contribution >= 4 is 28.2 Å². The molecule has 4 rings (SSSR count). The van der Waals surface area contributed by atoms with Crippen molar-refractivity contribution in [3.05, 3.63) is 35.5 Å². The topological polar surface area (TPSA) is 46.2 Å². The van der Waals surface area contributed by atoms with Crippen molar-refractivity contribution in [2.75, 3.05) is 25.1 Å². The Morgan fingerprint density at radius 1 is 1.15 bits per heavy atom. The van der Waals surface area contributed by atoms with E-state index in [0.29, 0.717) is 17.5 Å². The summed E-state index contributed by atoms with van der Waals surface area (Å²) in [5.74, 6) is 0. The van der Waals surface area contributed by atoms with E-state index in [9.17, 15) is 0 Å². The van der Waals surface area contributed by atoms with Gasteiger partial charge in [-0.2, -0.15) is 0 Å². The van der Waals surface area contributed by atoms with Crippen LogP contribution in [0.25, 0.3) is 10.9 Å². The number of pyridine rings is 1. The highest BCUT2D eigenvalue weighted by Crippen LogP contribution is 2.32. The van der Waals surface area contributed by atoms with Crippen molar-refractivity contribution in [3.63, 3.8) is 0 Å². The van der Waals surface area contributed by atoms with Gasteiger partial charge in [-0.1, -0.05) is 18.5 Å². The van der Waals surface area contributed by atoms with Gasteiger partial charge in [0.25, 0.3) is 0 Å². The average Bonchev–Trinajstić information content (AvgIpc) is 2.62. The maximum atomic E-state index is 6.09. The molecule has 2 heterocycles. The summed E-state index contributed by atoms with van der Waals surface area (Å²) in [4.78, 5) is 4.43. The van der Waals surface area contributed by atoms with Gasteiger partial charge in [0.1, 0.15) is 0 Å². The highest BCUT2D eigenvalue weighted by molar-refractivity contribution is 6.31. The predicted molar refractivity (Wildman–Crippen MR) is 108 cm³/mol. The third kappa shape index (κ3) is 3.83. The predicted octanol–water partition coefficient (Wildman–Crippen LogP) is 4.63. The number of nitrogens with zero attached hydrogens (tertiary/aromatic N) is 1. The SMILES string of the molecule is CCC1(CNC2CCC(Nc3ccnc4cc(Cl)ccc34)CC2)COC1. The number of anilines is 1. The zero-order valence-corrected chi connectivity index (χ0v) is 16.2. The number of rotatable bonds is 6. The molecule has 2 aliphatic rings. The summed E-state index contributed by atoms with van der Waals surface area (Å²) in [7, 11) is 0.